The Labute approximate surface area is 49.2 Å². The fraction of sp³-hybridized carbons (Fsp3) is 0.500. The molecule has 0 amide bonds. The van der Waals surface area contributed by atoms with Crippen LogP contribution in [0.15, 0.2) is 10.7 Å². The van der Waals surface area contributed by atoms with E-state index in [1.165, 1.54) is 0 Å². The van der Waals surface area contributed by atoms with Gasteiger partial charge in [0.2, 0.25) is 0 Å². The summed E-state index contributed by atoms with van der Waals surface area (Å²) in [5, 5.41) is 0. The summed E-state index contributed by atoms with van der Waals surface area (Å²) in [6.07, 6.45) is 0. The average molecular weight is 191 g/mol. The minimum atomic E-state index is -0.537. The first kappa shape index (κ1) is 6.50. The Morgan fingerprint density at radius 3 is 2.83 bits per heavy atom. The van der Waals surface area contributed by atoms with E-state index in [4.69, 9.17) is 3.07 Å². The molecule has 0 bridgehead atoms. The molecule has 0 aromatic carbocycles. The predicted octanol–water partition coefficient (Wildman–Crippen LogP) is 0.786. The Morgan fingerprint density at radius 1 is 2.00 bits per heavy atom. The molecule has 0 atom stereocenters. The first-order valence-electron chi connectivity index (χ1n) is 1.90. The second kappa shape index (κ2) is 5.50. The van der Waals surface area contributed by atoms with E-state index >= 15 is 0 Å². The fourth-order valence-corrected chi connectivity index (χ4v) is 0.954. The molecule has 0 rings (SSSR count). The zero-order valence-corrected chi connectivity index (χ0v) is 6.75. The van der Waals surface area contributed by atoms with E-state index in [1.54, 1.807) is 0 Å². The number of rotatable bonds is 3. The van der Waals surface area contributed by atoms with Crippen molar-refractivity contribution in [2.24, 2.45) is 0 Å². The molecule has 0 saturated heterocycles. The Morgan fingerprint density at radius 2 is 2.67 bits per heavy atom. The molecular formula is C4H8OSn. The fourth-order valence-electron chi connectivity index (χ4n) is 0.142. The monoisotopic (exact) mass is 192 g/mol. The van der Waals surface area contributed by atoms with Crippen molar-refractivity contribution in [1.82, 2.24) is 0 Å². The molecule has 0 unspecified atom stereocenters. The Hall–Kier alpha value is 0.499. The van der Waals surface area contributed by atoms with Crippen LogP contribution in [0, 0.1) is 0 Å². The van der Waals surface area contributed by atoms with Gasteiger partial charge in [0.05, 0.1) is 0 Å². The van der Waals surface area contributed by atoms with Crippen LogP contribution in [-0.2, 0) is 3.07 Å². The van der Waals surface area contributed by atoms with Gasteiger partial charge >= 0.3 is 48.8 Å². The third kappa shape index (κ3) is 4.50. The summed E-state index contributed by atoms with van der Waals surface area (Å²) in [5.41, 5.74) is 0. The van der Waals surface area contributed by atoms with Crippen LogP contribution in [0.3, 0.4) is 0 Å². The van der Waals surface area contributed by atoms with Gasteiger partial charge in [0.15, 0.2) is 0 Å². The maximum atomic E-state index is 5.03. The zero-order chi connectivity index (χ0) is 4.83. The van der Waals surface area contributed by atoms with Gasteiger partial charge < -0.3 is 0 Å². The normalized spacial score (nSPS) is 8.17. The van der Waals surface area contributed by atoms with Crippen molar-refractivity contribution in [3.05, 3.63) is 10.7 Å². The third-order valence-electron chi connectivity index (χ3n) is 0.311. The molecule has 6 heavy (non-hydrogen) atoms. The Balaban J connectivity index is 2.49. The van der Waals surface area contributed by atoms with Crippen molar-refractivity contribution in [3.63, 3.8) is 0 Å². The maximum absolute atomic E-state index is 5.03. The van der Waals surface area contributed by atoms with Crippen molar-refractivity contribution in [2.75, 3.05) is 6.61 Å². The third-order valence-corrected chi connectivity index (χ3v) is 2.09. The molecule has 0 aliphatic heterocycles. The zero-order valence-electron chi connectivity index (χ0n) is 3.90. The van der Waals surface area contributed by atoms with Crippen LogP contribution in [0.25, 0.3) is 0 Å². The summed E-state index contributed by atoms with van der Waals surface area (Å²) in [5.74, 6) is 0. The van der Waals surface area contributed by atoms with E-state index in [2.05, 4.69) is 6.58 Å². The van der Waals surface area contributed by atoms with E-state index < -0.39 is 21.6 Å². The van der Waals surface area contributed by atoms with Gasteiger partial charge in [0.25, 0.3) is 0 Å². The van der Waals surface area contributed by atoms with E-state index in [0.717, 1.165) is 6.61 Å². The van der Waals surface area contributed by atoms with Crippen LogP contribution >= 0.6 is 0 Å². The minimum absolute atomic E-state index is 0.537. The molecule has 1 nitrogen and oxygen atoms in total. The molecule has 0 fully saturated rings. The topological polar surface area (TPSA) is 9.23 Å². The van der Waals surface area contributed by atoms with Crippen molar-refractivity contribution in [3.8, 4) is 0 Å². The van der Waals surface area contributed by atoms with Crippen LogP contribution in [0.5, 0.6) is 0 Å². The van der Waals surface area contributed by atoms with Crippen LogP contribution < -0.4 is 0 Å². The molecule has 0 aromatic heterocycles. The summed E-state index contributed by atoms with van der Waals surface area (Å²) in [4.78, 5) is 0. The second-order valence-corrected chi connectivity index (χ2v) is 3.42. The molecule has 0 aliphatic rings. The van der Waals surface area contributed by atoms with E-state index in [9.17, 15) is 0 Å². The van der Waals surface area contributed by atoms with Gasteiger partial charge in [0.1, 0.15) is 0 Å². The summed E-state index contributed by atoms with van der Waals surface area (Å²) in [6, 6.07) is 0. The summed E-state index contributed by atoms with van der Waals surface area (Å²) < 4.78 is 6.94. The van der Waals surface area contributed by atoms with Gasteiger partial charge in [-0.05, 0) is 0 Å². The molecule has 2 radical (unpaired) electrons. The molecule has 0 saturated carbocycles. The van der Waals surface area contributed by atoms with Crippen LogP contribution in [0.1, 0.15) is 6.92 Å². The summed E-state index contributed by atoms with van der Waals surface area (Å²) >= 11 is -0.537. The predicted molar refractivity (Wildman–Crippen MR) is 27.6 cm³/mol. The summed E-state index contributed by atoms with van der Waals surface area (Å²) in [7, 11) is 0. The Bertz CT molecular complexity index is 36.5. The average Bonchev–Trinajstić information content (AvgIpc) is 1.61. The van der Waals surface area contributed by atoms with Crippen LogP contribution in [-0.4, -0.2) is 28.2 Å². The molecule has 2 heteroatoms. The van der Waals surface area contributed by atoms with E-state index in [0.29, 0.717) is 0 Å². The quantitative estimate of drug-likeness (QED) is 0.473. The molecule has 0 heterocycles. The van der Waals surface area contributed by atoms with Crippen LogP contribution in [0.4, 0.5) is 0 Å². The van der Waals surface area contributed by atoms with Crippen molar-refractivity contribution < 1.29 is 3.07 Å². The summed E-state index contributed by atoms with van der Waals surface area (Å²) in [6.45, 7) is 6.41. The van der Waals surface area contributed by atoms with Gasteiger partial charge in [-0.1, -0.05) is 0 Å². The van der Waals surface area contributed by atoms with Gasteiger partial charge in [-0.15, -0.1) is 0 Å². The standard InChI is InChI=1S/C2H5O.C2H3.Sn/c1-2-3;1-2;/h2H2,1H3;1H,2H2;/q-1;;+1. The Kier molecular flexibility index (Phi) is 5.96. The molecule has 0 spiro atoms. The van der Waals surface area contributed by atoms with Gasteiger partial charge in [-0.2, -0.15) is 0 Å². The molecule has 0 N–H and O–H groups in total. The first-order chi connectivity index (χ1) is 2.91. The van der Waals surface area contributed by atoms with Crippen molar-refractivity contribution >= 4 is 21.6 Å². The molecular weight excluding hydrogens is 183 g/mol. The van der Waals surface area contributed by atoms with Gasteiger partial charge in [-0.3, -0.25) is 0 Å². The SMILES string of the molecule is C=[CH][Sn][O]CC. The van der Waals surface area contributed by atoms with E-state index in [1.807, 2.05) is 11.0 Å². The van der Waals surface area contributed by atoms with E-state index in [-0.39, 0.29) is 0 Å². The number of hydrogen-bond acceptors (Lipinski definition) is 1. The van der Waals surface area contributed by atoms with Gasteiger partial charge in [-0.25, -0.2) is 0 Å². The van der Waals surface area contributed by atoms with Gasteiger partial charge in [0, 0.05) is 0 Å². The first-order valence-corrected chi connectivity index (χ1v) is 4.71. The van der Waals surface area contributed by atoms with Crippen molar-refractivity contribution in [1.29, 1.82) is 0 Å². The molecule has 34 valence electrons. The second-order valence-electron chi connectivity index (χ2n) is 0.755. The molecule has 0 aliphatic carbocycles. The van der Waals surface area contributed by atoms with Crippen LogP contribution in [0.2, 0.25) is 0 Å². The number of hydrogen-bond donors (Lipinski definition) is 0. The molecule has 0 aromatic rings. The van der Waals surface area contributed by atoms with Crippen molar-refractivity contribution in [2.45, 2.75) is 6.92 Å².